The molecule has 2 heteroatoms. The number of hydrogen-bond donors (Lipinski definition) is 1. The van der Waals surface area contributed by atoms with Gasteiger partial charge in [-0.2, -0.15) is 0 Å². The Labute approximate surface area is 55.9 Å². The van der Waals surface area contributed by atoms with Gasteiger partial charge >= 0.3 is 5.97 Å². The monoisotopic (exact) mass is 129 g/mol. The van der Waals surface area contributed by atoms with Crippen LogP contribution >= 0.6 is 0 Å². The highest BCUT2D eigenvalue weighted by molar-refractivity contribution is 5.67. The Morgan fingerprint density at radius 1 is 1.78 bits per heavy atom. The van der Waals surface area contributed by atoms with Crippen molar-refractivity contribution >= 4 is 5.97 Å². The van der Waals surface area contributed by atoms with Crippen molar-refractivity contribution in [2.75, 3.05) is 0 Å². The first-order valence-electron chi connectivity index (χ1n) is 3.22. The fourth-order valence-electron chi connectivity index (χ4n) is 0.761. The third kappa shape index (κ3) is 5.34. The lowest BCUT2D eigenvalue weighted by molar-refractivity contribution is -0.137. The molecule has 0 aliphatic carbocycles. The van der Waals surface area contributed by atoms with E-state index < -0.39 is 5.97 Å². The van der Waals surface area contributed by atoms with E-state index in [1.165, 1.54) is 0 Å². The number of aliphatic carboxylic acids is 1. The lowest BCUT2D eigenvalue weighted by Crippen LogP contribution is -2.03. The summed E-state index contributed by atoms with van der Waals surface area (Å²) in [5, 5.41) is 8.29. The summed E-state index contributed by atoms with van der Waals surface area (Å²) in [5.41, 5.74) is 0. The smallest absolute Gasteiger partial charge is 0.303 e. The molecule has 0 aromatic rings. The summed E-state index contributed by atoms with van der Waals surface area (Å²) in [6, 6.07) is 0. The molecular weight excluding hydrogens is 116 g/mol. The molecule has 2 nitrogen and oxygen atoms in total. The maximum Gasteiger partial charge on any atom is 0.303 e. The predicted molar refractivity (Wildman–Crippen MR) is 36.0 cm³/mol. The minimum absolute atomic E-state index is 0.215. The molecule has 0 aromatic heterocycles. The summed E-state index contributed by atoms with van der Waals surface area (Å²) in [6.07, 6.45) is 3.22. The molecule has 0 saturated heterocycles. The van der Waals surface area contributed by atoms with E-state index in [1.54, 1.807) is 0 Å². The molecule has 0 amide bonds. The molecule has 0 saturated carbocycles. The molecule has 0 rings (SSSR count). The molecular formula is C7H13O2. The van der Waals surface area contributed by atoms with E-state index in [4.69, 9.17) is 5.11 Å². The highest BCUT2D eigenvalue weighted by Crippen LogP contribution is 2.07. The summed E-state index contributed by atoms with van der Waals surface area (Å²) in [6.45, 7) is 3.93. The van der Waals surface area contributed by atoms with Crippen molar-refractivity contribution < 1.29 is 9.90 Å². The van der Waals surface area contributed by atoms with E-state index in [9.17, 15) is 4.79 Å². The molecule has 1 unspecified atom stereocenters. The summed E-state index contributed by atoms with van der Waals surface area (Å²) >= 11 is 0. The van der Waals surface area contributed by atoms with Gasteiger partial charge in [-0.25, -0.2) is 0 Å². The minimum atomic E-state index is -0.716. The fraction of sp³-hybridized carbons (Fsp3) is 0.714. The molecule has 0 spiro atoms. The Hall–Kier alpha value is -0.530. The summed E-state index contributed by atoms with van der Waals surface area (Å²) < 4.78 is 0. The zero-order chi connectivity index (χ0) is 7.28. The Kier molecular flexibility index (Phi) is 4.10. The van der Waals surface area contributed by atoms with Gasteiger partial charge in [0.15, 0.2) is 0 Å². The molecule has 0 aliphatic rings. The first kappa shape index (κ1) is 8.47. The van der Waals surface area contributed by atoms with Gasteiger partial charge in [0.25, 0.3) is 0 Å². The van der Waals surface area contributed by atoms with Crippen LogP contribution in [0.4, 0.5) is 0 Å². The average Bonchev–Trinajstić information content (AvgIpc) is 1.63. The molecule has 0 aromatic carbocycles. The van der Waals surface area contributed by atoms with Gasteiger partial charge in [-0.1, -0.05) is 20.3 Å². The first-order chi connectivity index (χ1) is 4.16. The molecule has 0 fully saturated rings. The van der Waals surface area contributed by atoms with Crippen LogP contribution in [0.15, 0.2) is 0 Å². The summed E-state index contributed by atoms with van der Waals surface area (Å²) in [7, 11) is 0. The van der Waals surface area contributed by atoms with Crippen LogP contribution in [0, 0.1) is 12.3 Å². The molecule has 53 valence electrons. The fourth-order valence-corrected chi connectivity index (χ4v) is 0.761. The minimum Gasteiger partial charge on any atom is -0.481 e. The highest BCUT2D eigenvalue weighted by Gasteiger charge is 2.04. The van der Waals surface area contributed by atoms with Gasteiger partial charge in [-0.3, -0.25) is 4.79 Å². The molecule has 9 heavy (non-hydrogen) atoms. The molecule has 0 bridgehead atoms. The van der Waals surface area contributed by atoms with E-state index >= 15 is 0 Å². The number of hydrogen-bond acceptors (Lipinski definition) is 1. The second-order valence-corrected chi connectivity index (χ2v) is 2.22. The second kappa shape index (κ2) is 4.36. The van der Waals surface area contributed by atoms with Crippen LogP contribution in [0.1, 0.15) is 26.7 Å². The zero-order valence-electron chi connectivity index (χ0n) is 5.92. The van der Waals surface area contributed by atoms with Gasteiger partial charge in [-0.15, -0.1) is 0 Å². The average molecular weight is 129 g/mol. The van der Waals surface area contributed by atoms with Crippen molar-refractivity contribution in [2.24, 2.45) is 5.92 Å². The van der Waals surface area contributed by atoms with Gasteiger partial charge in [-0.05, 0) is 12.3 Å². The van der Waals surface area contributed by atoms with Gasteiger partial charge in [0, 0.05) is 6.42 Å². The SMILES string of the molecule is CC[CH]C(C)CC(=O)O. The van der Waals surface area contributed by atoms with E-state index in [-0.39, 0.29) is 12.3 Å². The second-order valence-electron chi connectivity index (χ2n) is 2.22. The third-order valence-corrected chi connectivity index (χ3v) is 1.13. The Morgan fingerprint density at radius 3 is 2.67 bits per heavy atom. The van der Waals surface area contributed by atoms with Gasteiger partial charge in [0.1, 0.15) is 0 Å². The van der Waals surface area contributed by atoms with Crippen molar-refractivity contribution in [1.82, 2.24) is 0 Å². The van der Waals surface area contributed by atoms with Gasteiger partial charge in [0.2, 0.25) is 0 Å². The molecule has 1 atom stereocenters. The molecule has 0 heterocycles. The van der Waals surface area contributed by atoms with Gasteiger partial charge < -0.3 is 5.11 Å². The van der Waals surface area contributed by atoms with Crippen LogP contribution in [-0.4, -0.2) is 11.1 Å². The summed E-state index contributed by atoms with van der Waals surface area (Å²) in [4.78, 5) is 10.1. The van der Waals surface area contributed by atoms with Crippen LogP contribution in [0.25, 0.3) is 0 Å². The van der Waals surface area contributed by atoms with Crippen LogP contribution in [-0.2, 0) is 4.79 Å². The lowest BCUT2D eigenvalue weighted by Gasteiger charge is -2.03. The van der Waals surface area contributed by atoms with Crippen molar-refractivity contribution in [3.63, 3.8) is 0 Å². The zero-order valence-corrected chi connectivity index (χ0v) is 5.92. The van der Waals surface area contributed by atoms with Crippen LogP contribution in [0.5, 0.6) is 0 Å². The van der Waals surface area contributed by atoms with E-state index in [0.717, 1.165) is 6.42 Å². The lowest BCUT2D eigenvalue weighted by atomic mass is 10.0. The molecule has 1 radical (unpaired) electrons. The van der Waals surface area contributed by atoms with Crippen molar-refractivity contribution in [3.8, 4) is 0 Å². The third-order valence-electron chi connectivity index (χ3n) is 1.13. The standard InChI is InChI=1S/C7H13O2/c1-3-4-6(2)5-7(8)9/h4,6H,3,5H2,1-2H3,(H,8,9). The van der Waals surface area contributed by atoms with Crippen LogP contribution in [0.3, 0.4) is 0 Å². The van der Waals surface area contributed by atoms with Crippen LogP contribution < -0.4 is 0 Å². The molecule has 1 N–H and O–H groups in total. The Bertz CT molecular complexity index is 88.9. The maximum absolute atomic E-state index is 10.1. The van der Waals surface area contributed by atoms with E-state index in [2.05, 4.69) is 0 Å². The Morgan fingerprint density at radius 2 is 2.33 bits per heavy atom. The Balaban J connectivity index is 3.26. The largest absolute Gasteiger partial charge is 0.481 e. The summed E-state index contributed by atoms with van der Waals surface area (Å²) in [5.74, 6) is -0.500. The quantitative estimate of drug-likeness (QED) is 0.627. The predicted octanol–water partition coefficient (Wildman–Crippen LogP) is 1.71. The normalized spacial score (nSPS) is 13.1. The highest BCUT2D eigenvalue weighted by atomic mass is 16.4. The van der Waals surface area contributed by atoms with E-state index in [1.807, 2.05) is 20.3 Å². The number of carbonyl (C=O) groups is 1. The first-order valence-corrected chi connectivity index (χ1v) is 3.22. The van der Waals surface area contributed by atoms with Gasteiger partial charge in [0.05, 0.1) is 0 Å². The van der Waals surface area contributed by atoms with Crippen molar-refractivity contribution in [3.05, 3.63) is 6.42 Å². The van der Waals surface area contributed by atoms with Crippen LogP contribution in [0.2, 0.25) is 0 Å². The maximum atomic E-state index is 10.1. The number of carboxylic acids is 1. The van der Waals surface area contributed by atoms with E-state index in [0.29, 0.717) is 0 Å². The van der Waals surface area contributed by atoms with Crippen molar-refractivity contribution in [2.45, 2.75) is 26.7 Å². The molecule has 0 aliphatic heterocycles. The number of carboxylic acid groups (broad SMARTS) is 1. The topological polar surface area (TPSA) is 37.3 Å². The van der Waals surface area contributed by atoms with Crippen molar-refractivity contribution in [1.29, 1.82) is 0 Å². The number of rotatable bonds is 4.